The van der Waals surface area contributed by atoms with Crippen molar-refractivity contribution in [2.24, 2.45) is 11.8 Å². The molecule has 1 N–H and O–H groups in total. The Bertz CT molecular complexity index is 240. The summed E-state index contributed by atoms with van der Waals surface area (Å²) < 4.78 is 4.61. The van der Waals surface area contributed by atoms with Gasteiger partial charge in [0.1, 0.15) is 0 Å². The number of carbonyl (C=O) groups excluding carboxylic acids is 2. The van der Waals surface area contributed by atoms with Gasteiger partial charge >= 0.3 is 5.97 Å². The normalized spacial score (nSPS) is 28.4. The van der Waals surface area contributed by atoms with Crippen molar-refractivity contribution < 1.29 is 14.3 Å². The minimum Gasteiger partial charge on any atom is -0.469 e. The third kappa shape index (κ3) is 2.47. The molecule has 3 atom stereocenters. The molecule has 1 aliphatic rings. The van der Waals surface area contributed by atoms with Crippen LogP contribution in [0.1, 0.15) is 26.7 Å². The van der Waals surface area contributed by atoms with E-state index in [4.69, 9.17) is 0 Å². The van der Waals surface area contributed by atoms with Gasteiger partial charge in [-0.15, -0.1) is 0 Å². The zero-order chi connectivity index (χ0) is 10.7. The second kappa shape index (κ2) is 4.44. The van der Waals surface area contributed by atoms with Gasteiger partial charge in [-0.25, -0.2) is 0 Å². The van der Waals surface area contributed by atoms with E-state index >= 15 is 0 Å². The topological polar surface area (TPSA) is 55.4 Å². The highest BCUT2D eigenvalue weighted by molar-refractivity contribution is 5.82. The van der Waals surface area contributed by atoms with Crippen molar-refractivity contribution in [3.05, 3.63) is 0 Å². The molecule has 0 aliphatic carbocycles. The van der Waals surface area contributed by atoms with Gasteiger partial charge in [-0.05, 0) is 19.8 Å². The van der Waals surface area contributed by atoms with Gasteiger partial charge in [0.2, 0.25) is 5.91 Å². The van der Waals surface area contributed by atoms with Crippen LogP contribution in [0.25, 0.3) is 0 Å². The van der Waals surface area contributed by atoms with E-state index in [1.54, 1.807) is 6.92 Å². The summed E-state index contributed by atoms with van der Waals surface area (Å²) in [5, 5.41) is 2.84. The van der Waals surface area contributed by atoms with Crippen LogP contribution in [-0.2, 0) is 14.3 Å². The lowest BCUT2D eigenvalue weighted by Gasteiger charge is -2.12. The Morgan fingerprint density at radius 1 is 1.71 bits per heavy atom. The van der Waals surface area contributed by atoms with Crippen molar-refractivity contribution in [1.29, 1.82) is 0 Å². The van der Waals surface area contributed by atoms with Crippen LogP contribution in [0, 0.1) is 11.8 Å². The fraction of sp³-hybridized carbons (Fsp3) is 0.800. The number of ether oxygens (including phenoxy) is 1. The van der Waals surface area contributed by atoms with Crippen molar-refractivity contribution in [1.82, 2.24) is 5.32 Å². The Morgan fingerprint density at radius 3 is 2.79 bits per heavy atom. The molecule has 1 aliphatic heterocycles. The van der Waals surface area contributed by atoms with Gasteiger partial charge in [0, 0.05) is 12.0 Å². The lowest BCUT2D eigenvalue weighted by molar-refractivity contribution is -0.145. The third-order valence-corrected chi connectivity index (χ3v) is 2.64. The van der Waals surface area contributed by atoms with E-state index in [2.05, 4.69) is 10.1 Å². The zero-order valence-corrected chi connectivity index (χ0v) is 8.87. The van der Waals surface area contributed by atoms with Gasteiger partial charge in [-0.1, -0.05) is 6.92 Å². The van der Waals surface area contributed by atoms with Crippen LogP contribution < -0.4 is 5.32 Å². The first-order valence-corrected chi connectivity index (χ1v) is 4.92. The zero-order valence-electron chi connectivity index (χ0n) is 8.87. The summed E-state index contributed by atoms with van der Waals surface area (Å²) in [6, 6.07) is 0.234. The Kier molecular flexibility index (Phi) is 3.49. The molecule has 4 nitrogen and oxygen atoms in total. The van der Waals surface area contributed by atoms with Crippen LogP contribution in [0.15, 0.2) is 0 Å². The summed E-state index contributed by atoms with van der Waals surface area (Å²) in [6.45, 7) is 3.77. The molecule has 0 aromatic heterocycles. The highest BCUT2D eigenvalue weighted by Gasteiger charge is 2.32. The van der Waals surface area contributed by atoms with Crippen LogP contribution >= 0.6 is 0 Å². The Morgan fingerprint density at radius 2 is 2.36 bits per heavy atom. The molecule has 0 unspecified atom stereocenters. The van der Waals surface area contributed by atoms with Crippen LogP contribution in [0.5, 0.6) is 0 Å². The van der Waals surface area contributed by atoms with Gasteiger partial charge in [0.25, 0.3) is 0 Å². The fourth-order valence-electron chi connectivity index (χ4n) is 1.88. The molecule has 14 heavy (non-hydrogen) atoms. The number of carbonyl (C=O) groups is 2. The highest BCUT2D eigenvalue weighted by atomic mass is 16.5. The van der Waals surface area contributed by atoms with Gasteiger partial charge in [-0.2, -0.15) is 0 Å². The Balaban J connectivity index is 2.44. The van der Waals surface area contributed by atoms with E-state index in [-0.39, 0.29) is 29.8 Å². The Labute approximate surface area is 84.0 Å². The average molecular weight is 199 g/mol. The van der Waals surface area contributed by atoms with Crippen LogP contribution in [0.4, 0.5) is 0 Å². The van der Waals surface area contributed by atoms with Gasteiger partial charge in [0.15, 0.2) is 0 Å². The van der Waals surface area contributed by atoms with Gasteiger partial charge in [0.05, 0.1) is 13.0 Å². The predicted octanol–water partition coefficient (Wildman–Crippen LogP) is 0.710. The molecule has 1 heterocycles. The van der Waals surface area contributed by atoms with Crippen LogP contribution in [-0.4, -0.2) is 25.0 Å². The highest BCUT2D eigenvalue weighted by Crippen LogP contribution is 2.23. The number of rotatable bonds is 3. The molecular formula is C10H17NO3. The first-order valence-electron chi connectivity index (χ1n) is 4.92. The number of esters is 1. The number of hydrogen-bond donors (Lipinski definition) is 1. The second-order valence-corrected chi connectivity index (χ2v) is 4.00. The van der Waals surface area contributed by atoms with Crippen molar-refractivity contribution in [3.63, 3.8) is 0 Å². The maximum Gasteiger partial charge on any atom is 0.308 e. The maximum atomic E-state index is 11.4. The number of nitrogens with one attached hydrogen (secondary N) is 1. The Hall–Kier alpha value is -1.06. The second-order valence-electron chi connectivity index (χ2n) is 4.00. The standard InChI is InChI=1S/C10H17NO3/c1-6(10(13)14-3)4-8-5-7(2)11-9(8)12/h6-8H,4-5H2,1-3H3,(H,11,12)/t6-,7+,8-/m0/s1. The molecule has 0 aromatic rings. The van der Waals surface area contributed by atoms with Gasteiger partial charge < -0.3 is 10.1 Å². The molecule has 0 spiro atoms. The number of methoxy groups -OCH3 is 1. The van der Waals surface area contributed by atoms with E-state index in [1.807, 2.05) is 6.92 Å². The van der Waals surface area contributed by atoms with Crippen molar-refractivity contribution in [2.45, 2.75) is 32.7 Å². The molecule has 1 amide bonds. The molecule has 0 aromatic carbocycles. The third-order valence-electron chi connectivity index (χ3n) is 2.64. The smallest absolute Gasteiger partial charge is 0.308 e. The predicted molar refractivity (Wildman–Crippen MR) is 51.5 cm³/mol. The summed E-state index contributed by atoms with van der Waals surface area (Å²) in [4.78, 5) is 22.5. The lowest BCUT2D eigenvalue weighted by atomic mass is 9.93. The largest absolute Gasteiger partial charge is 0.469 e. The quantitative estimate of drug-likeness (QED) is 0.681. The SMILES string of the molecule is COC(=O)[C@@H](C)C[C@H]1C[C@@H](C)NC1=O. The first-order chi connectivity index (χ1) is 6.54. The summed E-state index contributed by atoms with van der Waals surface area (Å²) in [7, 11) is 1.37. The molecule has 4 heteroatoms. The first kappa shape index (κ1) is 11.0. The van der Waals surface area contributed by atoms with Crippen molar-refractivity contribution in [2.75, 3.05) is 7.11 Å². The molecule has 1 rings (SSSR count). The minimum atomic E-state index is -0.239. The van der Waals surface area contributed by atoms with Crippen LogP contribution in [0.2, 0.25) is 0 Å². The van der Waals surface area contributed by atoms with Gasteiger partial charge in [-0.3, -0.25) is 9.59 Å². The molecule has 1 saturated heterocycles. The van der Waals surface area contributed by atoms with Crippen molar-refractivity contribution in [3.8, 4) is 0 Å². The minimum absolute atomic E-state index is 0.0286. The molecular weight excluding hydrogens is 182 g/mol. The van der Waals surface area contributed by atoms with E-state index in [9.17, 15) is 9.59 Å². The lowest BCUT2D eigenvalue weighted by Crippen LogP contribution is -2.25. The maximum absolute atomic E-state index is 11.4. The van der Waals surface area contributed by atoms with Crippen LogP contribution in [0.3, 0.4) is 0 Å². The van der Waals surface area contributed by atoms with E-state index in [1.165, 1.54) is 7.11 Å². The molecule has 0 saturated carbocycles. The van der Waals surface area contributed by atoms with Crippen molar-refractivity contribution >= 4 is 11.9 Å². The monoisotopic (exact) mass is 199 g/mol. The van der Waals surface area contributed by atoms with E-state index in [0.29, 0.717) is 6.42 Å². The number of hydrogen-bond acceptors (Lipinski definition) is 3. The van der Waals surface area contributed by atoms with E-state index in [0.717, 1.165) is 6.42 Å². The average Bonchev–Trinajstić information content (AvgIpc) is 2.44. The molecule has 1 fully saturated rings. The molecule has 0 bridgehead atoms. The summed E-state index contributed by atoms with van der Waals surface area (Å²) in [6.07, 6.45) is 1.41. The summed E-state index contributed by atoms with van der Waals surface area (Å²) in [5.41, 5.74) is 0. The number of amides is 1. The fourth-order valence-corrected chi connectivity index (χ4v) is 1.88. The molecule has 0 radical (unpaired) electrons. The molecule has 80 valence electrons. The summed E-state index contributed by atoms with van der Waals surface area (Å²) in [5.74, 6) is -0.397. The summed E-state index contributed by atoms with van der Waals surface area (Å²) >= 11 is 0. The van der Waals surface area contributed by atoms with E-state index < -0.39 is 0 Å².